The SMILES string of the molecule is Cn1cc(CNC(=O)Nc2cnn(Cc3ccccc3)c2)cn1. The number of anilines is 1. The Morgan fingerprint density at radius 2 is 1.91 bits per heavy atom. The molecule has 2 heterocycles. The third-order valence-corrected chi connectivity index (χ3v) is 3.29. The molecule has 2 aromatic heterocycles. The molecular weight excluding hydrogens is 292 g/mol. The van der Waals surface area contributed by atoms with Crippen LogP contribution < -0.4 is 10.6 Å². The number of nitrogens with one attached hydrogen (secondary N) is 2. The second kappa shape index (κ2) is 6.78. The zero-order valence-electron chi connectivity index (χ0n) is 12.8. The molecule has 1 aromatic carbocycles. The van der Waals surface area contributed by atoms with Crippen LogP contribution in [0.1, 0.15) is 11.1 Å². The summed E-state index contributed by atoms with van der Waals surface area (Å²) in [6.07, 6.45) is 7.01. The van der Waals surface area contributed by atoms with E-state index in [1.807, 2.05) is 43.6 Å². The van der Waals surface area contributed by atoms with Gasteiger partial charge in [-0.05, 0) is 5.56 Å². The van der Waals surface area contributed by atoms with E-state index in [1.165, 1.54) is 0 Å². The summed E-state index contributed by atoms with van der Waals surface area (Å²) in [6.45, 7) is 1.09. The van der Waals surface area contributed by atoms with Gasteiger partial charge in [0.25, 0.3) is 0 Å². The molecule has 7 heteroatoms. The Labute approximate surface area is 133 Å². The van der Waals surface area contributed by atoms with E-state index in [4.69, 9.17) is 0 Å². The average molecular weight is 310 g/mol. The number of hydrogen-bond donors (Lipinski definition) is 2. The van der Waals surface area contributed by atoms with Gasteiger partial charge in [-0.25, -0.2) is 4.79 Å². The minimum Gasteiger partial charge on any atom is -0.334 e. The smallest absolute Gasteiger partial charge is 0.319 e. The van der Waals surface area contributed by atoms with Crippen molar-refractivity contribution in [2.24, 2.45) is 7.05 Å². The number of aromatic nitrogens is 4. The third kappa shape index (κ3) is 4.19. The summed E-state index contributed by atoms with van der Waals surface area (Å²) in [5.74, 6) is 0. The number of nitrogens with zero attached hydrogens (tertiary/aromatic N) is 4. The van der Waals surface area contributed by atoms with Crippen molar-refractivity contribution in [3.05, 3.63) is 66.2 Å². The van der Waals surface area contributed by atoms with Gasteiger partial charge in [0.15, 0.2) is 0 Å². The predicted molar refractivity (Wildman–Crippen MR) is 86.8 cm³/mol. The lowest BCUT2D eigenvalue weighted by Gasteiger charge is -2.04. The van der Waals surface area contributed by atoms with Gasteiger partial charge in [-0.1, -0.05) is 30.3 Å². The van der Waals surface area contributed by atoms with E-state index in [0.717, 1.165) is 11.1 Å². The molecule has 0 bridgehead atoms. The molecule has 3 aromatic rings. The van der Waals surface area contributed by atoms with Gasteiger partial charge in [-0.2, -0.15) is 10.2 Å². The quantitative estimate of drug-likeness (QED) is 0.756. The van der Waals surface area contributed by atoms with E-state index < -0.39 is 0 Å². The zero-order chi connectivity index (χ0) is 16.1. The number of benzene rings is 1. The van der Waals surface area contributed by atoms with Crippen molar-refractivity contribution in [1.29, 1.82) is 0 Å². The summed E-state index contributed by atoms with van der Waals surface area (Å²) >= 11 is 0. The van der Waals surface area contributed by atoms with Gasteiger partial charge in [0.05, 0.1) is 24.6 Å². The van der Waals surface area contributed by atoms with E-state index in [2.05, 4.69) is 20.8 Å². The molecule has 2 amide bonds. The molecule has 0 unspecified atom stereocenters. The summed E-state index contributed by atoms with van der Waals surface area (Å²) in [5.41, 5.74) is 2.76. The maximum absolute atomic E-state index is 11.9. The summed E-state index contributed by atoms with van der Waals surface area (Å²) in [6, 6.07) is 9.76. The summed E-state index contributed by atoms with van der Waals surface area (Å²) < 4.78 is 3.48. The predicted octanol–water partition coefficient (Wildman–Crippen LogP) is 1.99. The largest absolute Gasteiger partial charge is 0.334 e. The molecule has 0 saturated carbocycles. The van der Waals surface area contributed by atoms with Gasteiger partial charge in [-0.15, -0.1) is 0 Å². The first kappa shape index (κ1) is 14.8. The Hall–Kier alpha value is -3.09. The molecule has 0 aliphatic carbocycles. The molecule has 0 atom stereocenters. The Morgan fingerprint density at radius 1 is 1.09 bits per heavy atom. The minimum atomic E-state index is -0.270. The fraction of sp³-hybridized carbons (Fsp3) is 0.188. The topological polar surface area (TPSA) is 76.8 Å². The van der Waals surface area contributed by atoms with Crippen LogP contribution in [0.3, 0.4) is 0 Å². The highest BCUT2D eigenvalue weighted by Crippen LogP contribution is 2.08. The second-order valence-electron chi connectivity index (χ2n) is 5.24. The number of rotatable bonds is 5. The highest BCUT2D eigenvalue weighted by molar-refractivity contribution is 5.88. The first-order valence-electron chi connectivity index (χ1n) is 7.28. The highest BCUT2D eigenvalue weighted by Gasteiger charge is 2.05. The summed E-state index contributed by atoms with van der Waals surface area (Å²) in [4.78, 5) is 11.9. The fourth-order valence-electron chi connectivity index (χ4n) is 2.21. The van der Waals surface area contributed by atoms with Crippen LogP contribution >= 0.6 is 0 Å². The number of urea groups is 1. The van der Waals surface area contributed by atoms with Gasteiger partial charge in [0.2, 0.25) is 0 Å². The maximum atomic E-state index is 11.9. The van der Waals surface area contributed by atoms with Gasteiger partial charge in [0, 0.05) is 31.5 Å². The van der Waals surface area contributed by atoms with Gasteiger partial charge in [0.1, 0.15) is 0 Å². The Balaban J connectivity index is 1.51. The van der Waals surface area contributed by atoms with E-state index >= 15 is 0 Å². The lowest BCUT2D eigenvalue weighted by molar-refractivity contribution is 0.251. The molecule has 0 aliphatic rings. The molecule has 7 nitrogen and oxygen atoms in total. The Bertz CT molecular complexity index is 777. The van der Waals surface area contributed by atoms with Crippen LogP contribution in [-0.2, 0) is 20.1 Å². The maximum Gasteiger partial charge on any atom is 0.319 e. The highest BCUT2D eigenvalue weighted by atomic mass is 16.2. The van der Waals surface area contributed by atoms with Crippen LogP contribution in [0.25, 0.3) is 0 Å². The van der Waals surface area contributed by atoms with Crippen LogP contribution in [0.4, 0.5) is 10.5 Å². The lowest BCUT2D eigenvalue weighted by Crippen LogP contribution is -2.27. The average Bonchev–Trinajstić information content (AvgIpc) is 3.15. The van der Waals surface area contributed by atoms with E-state index in [-0.39, 0.29) is 6.03 Å². The molecular formula is C16H18N6O. The number of aryl methyl sites for hydroxylation is 1. The zero-order valence-corrected chi connectivity index (χ0v) is 12.8. The van der Waals surface area contributed by atoms with E-state index in [1.54, 1.807) is 28.0 Å². The first-order chi connectivity index (χ1) is 11.2. The first-order valence-corrected chi connectivity index (χ1v) is 7.28. The normalized spacial score (nSPS) is 10.5. The van der Waals surface area contributed by atoms with Crippen molar-refractivity contribution < 1.29 is 4.79 Å². The molecule has 0 saturated heterocycles. The molecule has 2 N–H and O–H groups in total. The minimum absolute atomic E-state index is 0.270. The molecule has 23 heavy (non-hydrogen) atoms. The van der Waals surface area contributed by atoms with Crippen molar-refractivity contribution in [3.8, 4) is 0 Å². The lowest BCUT2D eigenvalue weighted by atomic mass is 10.2. The van der Waals surface area contributed by atoms with Gasteiger partial charge >= 0.3 is 6.03 Å². The summed E-state index contributed by atoms with van der Waals surface area (Å²) in [5, 5.41) is 13.8. The molecule has 3 rings (SSSR count). The number of carbonyl (C=O) groups excluding carboxylic acids is 1. The second-order valence-corrected chi connectivity index (χ2v) is 5.24. The van der Waals surface area contributed by atoms with E-state index in [9.17, 15) is 4.79 Å². The van der Waals surface area contributed by atoms with Crippen LogP contribution in [0.15, 0.2) is 55.1 Å². The van der Waals surface area contributed by atoms with Crippen molar-refractivity contribution in [3.63, 3.8) is 0 Å². The number of carbonyl (C=O) groups is 1. The van der Waals surface area contributed by atoms with Crippen molar-refractivity contribution in [2.75, 3.05) is 5.32 Å². The molecule has 0 radical (unpaired) electrons. The fourth-order valence-corrected chi connectivity index (χ4v) is 2.21. The molecule has 0 fully saturated rings. The van der Waals surface area contributed by atoms with Crippen molar-refractivity contribution in [1.82, 2.24) is 24.9 Å². The van der Waals surface area contributed by atoms with E-state index in [0.29, 0.717) is 18.8 Å². The standard InChI is InChI=1S/C16H18N6O/c1-21-10-14(8-18-21)7-17-16(23)20-15-9-19-22(12-15)11-13-5-3-2-4-6-13/h2-6,8-10,12H,7,11H2,1H3,(H2,17,20,23). The van der Waals surface area contributed by atoms with Gasteiger partial charge in [-0.3, -0.25) is 9.36 Å². The van der Waals surface area contributed by atoms with Crippen LogP contribution in [0.2, 0.25) is 0 Å². The van der Waals surface area contributed by atoms with Gasteiger partial charge < -0.3 is 10.6 Å². The third-order valence-electron chi connectivity index (χ3n) is 3.29. The molecule has 118 valence electrons. The summed E-state index contributed by atoms with van der Waals surface area (Å²) in [7, 11) is 1.84. The van der Waals surface area contributed by atoms with Crippen LogP contribution in [0.5, 0.6) is 0 Å². The monoisotopic (exact) mass is 310 g/mol. The number of amides is 2. The Morgan fingerprint density at radius 3 is 2.65 bits per heavy atom. The van der Waals surface area contributed by atoms with Crippen LogP contribution in [-0.4, -0.2) is 25.6 Å². The molecule has 0 aliphatic heterocycles. The van der Waals surface area contributed by atoms with Crippen molar-refractivity contribution in [2.45, 2.75) is 13.1 Å². The van der Waals surface area contributed by atoms with Crippen molar-refractivity contribution >= 4 is 11.7 Å². The Kier molecular flexibility index (Phi) is 4.37. The van der Waals surface area contributed by atoms with Crippen LogP contribution in [0, 0.1) is 0 Å². The molecule has 0 spiro atoms. The number of hydrogen-bond acceptors (Lipinski definition) is 3.